The lowest BCUT2D eigenvalue weighted by atomic mass is 10.4. The number of anilines is 1. The lowest BCUT2D eigenvalue weighted by molar-refractivity contribution is 0.141. The van der Waals surface area contributed by atoms with E-state index in [2.05, 4.69) is 22.2 Å². The first-order valence-electron chi connectivity index (χ1n) is 5.43. The van der Waals surface area contributed by atoms with Crippen molar-refractivity contribution in [2.75, 3.05) is 25.1 Å². The zero-order valence-corrected chi connectivity index (χ0v) is 9.49. The summed E-state index contributed by atoms with van der Waals surface area (Å²) >= 11 is 0. The fraction of sp³-hybridized carbons (Fsp3) is 0.636. The van der Waals surface area contributed by atoms with E-state index in [1.165, 1.54) is 6.42 Å². The van der Waals surface area contributed by atoms with Gasteiger partial charge in [0.25, 0.3) is 0 Å². The second-order valence-corrected chi connectivity index (χ2v) is 3.44. The van der Waals surface area contributed by atoms with Crippen LogP contribution >= 0.6 is 0 Å². The fourth-order valence-electron chi connectivity index (χ4n) is 1.15. The molecule has 84 valence electrons. The van der Waals surface area contributed by atoms with Gasteiger partial charge in [-0.2, -0.15) is 0 Å². The average molecular weight is 209 g/mol. The Hall–Kier alpha value is -1.16. The summed E-state index contributed by atoms with van der Waals surface area (Å²) in [5.74, 6) is 0.863. The van der Waals surface area contributed by atoms with Crippen LogP contribution in [0.5, 0.6) is 0 Å². The van der Waals surface area contributed by atoms with Crippen LogP contribution < -0.4 is 5.32 Å². The highest BCUT2D eigenvalue weighted by Crippen LogP contribution is 2.01. The summed E-state index contributed by atoms with van der Waals surface area (Å²) in [5, 5.41) is 3.19. The van der Waals surface area contributed by atoms with E-state index in [1.54, 1.807) is 6.33 Å². The van der Waals surface area contributed by atoms with E-state index in [0.29, 0.717) is 0 Å². The van der Waals surface area contributed by atoms with Crippen molar-refractivity contribution in [2.24, 2.45) is 0 Å². The monoisotopic (exact) mass is 209 g/mol. The number of aromatic nitrogens is 2. The Morgan fingerprint density at radius 2 is 2.20 bits per heavy atom. The van der Waals surface area contributed by atoms with Gasteiger partial charge in [-0.1, -0.05) is 13.3 Å². The minimum atomic E-state index is 0.725. The molecule has 1 aromatic heterocycles. The van der Waals surface area contributed by atoms with E-state index in [1.807, 2.05) is 13.0 Å². The van der Waals surface area contributed by atoms with Crippen LogP contribution in [-0.4, -0.2) is 29.7 Å². The molecule has 0 aliphatic carbocycles. The lowest BCUT2D eigenvalue weighted by Gasteiger charge is -2.06. The molecule has 1 rings (SSSR count). The number of hydrogen-bond donors (Lipinski definition) is 1. The Bertz CT molecular complexity index is 278. The maximum absolute atomic E-state index is 5.42. The molecule has 0 atom stereocenters. The van der Waals surface area contributed by atoms with E-state index in [9.17, 15) is 0 Å². The minimum Gasteiger partial charge on any atom is -0.380 e. The van der Waals surface area contributed by atoms with Gasteiger partial charge in [-0.15, -0.1) is 0 Å². The van der Waals surface area contributed by atoms with Crippen LogP contribution in [0.1, 0.15) is 25.5 Å². The summed E-state index contributed by atoms with van der Waals surface area (Å²) in [4.78, 5) is 8.12. The molecular weight excluding hydrogens is 190 g/mol. The molecule has 0 radical (unpaired) electrons. The summed E-state index contributed by atoms with van der Waals surface area (Å²) in [6, 6.07) is 1.92. The first-order chi connectivity index (χ1) is 7.33. The van der Waals surface area contributed by atoms with Gasteiger partial charge < -0.3 is 10.1 Å². The molecule has 0 aliphatic rings. The Kier molecular flexibility index (Phi) is 5.70. The molecule has 0 aromatic carbocycles. The SMILES string of the molecule is CCCCOCCNc1cc(C)ncn1. The van der Waals surface area contributed by atoms with E-state index >= 15 is 0 Å². The highest BCUT2D eigenvalue weighted by atomic mass is 16.5. The van der Waals surface area contributed by atoms with Crippen LogP contribution in [0.15, 0.2) is 12.4 Å². The smallest absolute Gasteiger partial charge is 0.129 e. The third-order valence-corrected chi connectivity index (χ3v) is 2.00. The van der Waals surface area contributed by atoms with Gasteiger partial charge in [0.15, 0.2) is 0 Å². The van der Waals surface area contributed by atoms with Crippen LogP contribution in [0, 0.1) is 6.92 Å². The van der Waals surface area contributed by atoms with E-state index in [0.717, 1.165) is 37.7 Å². The maximum atomic E-state index is 5.42. The van der Waals surface area contributed by atoms with Crippen molar-refractivity contribution in [3.63, 3.8) is 0 Å². The van der Waals surface area contributed by atoms with Crippen LogP contribution in [0.25, 0.3) is 0 Å². The van der Waals surface area contributed by atoms with Crippen molar-refractivity contribution < 1.29 is 4.74 Å². The molecule has 0 unspecified atom stereocenters. The first kappa shape index (κ1) is 11.9. The molecule has 0 saturated heterocycles. The summed E-state index contributed by atoms with van der Waals surface area (Å²) in [6.07, 6.45) is 3.88. The van der Waals surface area contributed by atoms with Gasteiger partial charge in [-0.05, 0) is 13.3 Å². The molecule has 0 amide bonds. The number of nitrogens with one attached hydrogen (secondary N) is 1. The van der Waals surface area contributed by atoms with Crippen LogP contribution in [0.4, 0.5) is 5.82 Å². The van der Waals surface area contributed by atoms with E-state index in [-0.39, 0.29) is 0 Å². The topological polar surface area (TPSA) is 47.0 Å². The van der Waals surface area contributed by atoms with Crippen molar-refractivity contribution in [2.45, 2.75) is 26.7 Å². The number of ether oxygens (including phenoxy) is 1. The Labute approximate surface area is 91.1 Å². The highest BCUT2D eigenvalue weighted by molar-refractivity contribution is 5.34. The van der Waals surface area contributed by atoms with Gasteiger partial charge in [0, 0.05) is 24.9 Å². The fourth-order valence-corrected chi connectivity index (χ4v) is 1.15. The Balaban J connectivity index is 2.10. The quantitative estimate of drug-likeness (QED) is 0.698. The molecule has 15 heavy (non-hydrogen) atoms. The first-order valence-corrected chi connectivity index (χ1v) is 5.43. The summed E-state index contributed by atoms with van der Waals surface area (Å²) < 4.78 is 5.42. The second-order valence-electron chi connectivity index (χ2n) is 3.44. The van der Waals surface area contributed by atoms with Crippen LogP contribution in [-0.2, 0) is 4.74 Å². The molecule has 1 heterocycles. The van der Waals surface area contributed by atoms with Gasteiger partial charge in [0.05, 0.1) is 6.61 Å². The summed E-state index contributed by atoms with van der Waals surface area (Å²) in [6.45, 7) is 6.47. The van der Waals surface area contributed by atoms with Gasteiger partial charge in [-0.25, -0.2) is 9.97 Å². The molecule has 0 bridgehead atoms. The summed E-state index contributed by atoms with van der Waals surface area (Å²) in [7, 11) is 0. The van der Waals surface area contributed by atoms with Gasteiger partial charge in [-0.3, -0.25) is 0 Å². The van der Waals surface area contributed by atoms with Crippen LogP contribution in [0.3, 0.4) is 0 Å². The van der Waals surface area contributed by atoms with Crippen molar-refractivity contribution in [3.05, 3.63) is 18.1 Å². The minimum absolute atomic E-state index is 0.725. The largest absolute Gasteiger partial charge is 0.380 e. The van der Waals surface area contributed by atoms with Crippen molar-refractivity contribution in [3.8, 4) is 0 Å². The van der Waals surface area contributed by atoms with Crippen LogP contribution in [0.2, 0.25) is 0 Å². The zero-order valence-electron chi connectivity index (χ0n) is 9.49. The van der Waals surface area contributed by atoms with Crippen molar-refractivity contribution >= 4 is 5.82 Å². The number of unbranched alkanes of at least 4 members (excludes halogenated alkanes) is 1. The predicted octanol–water partition coefficient (Wildman–Crippen LogP) is 2.01. The summed E-state index contributed by atoms with van der Waals surface area (Å²) in [5.41, 5.74) is 0.972. The normalized spacial score (nSPS) is 10.3. The molecule has 0 saturated carbocycles. The Morgan fingerprint density at radius 1 is 1.33 bits per heavy atom. The molecule has 1 N–H and O–H groups in total. The zero-order chi connectivity index (χ0) is 10.9. The standard InChI is InChI=1S/C11H19N3O/c1-3-4-6-15-7-5-12-11-8-10(2)13-9-14-11/h8-9H,3-7H2,1-2H3,(H,12,13,14). The number of nitrogens with zero attached hydrogens (tertiary/aromatic N) is 2. The molecule has 4 nitrogen and oxygen atoms in total. The molecular formula is C11H19N3O. The predicted molar refractivity (Wildman–Crippen MR) is 61.0 cm³/mol. The Morgan fingerprint density at radius 3 is 2.93 bits per heavy atom. The van der Waals surface area contributed by atoms with Gasteiger partial charge >= 0.3 is 0 Å². The number of rotatable bonds is 7. The highest BCUT2D eigenvalue weighted by Gasteiger charge is 1.93. The third-order valence-electron chi connectivity index (χ3n) is 2.00. The third kappa shape index (κ3) is 5.32. The molecule has 0 aliphatic heterocycles. The number of hydrogen-bond acceptors (Lipinski definition) is 4. The number of aryl methyl sites for hydroxylation is 1. The molecule has 1 aromatic rings. The van der Waals surface area contributed by atoms with E-state index < -0.39 is 0 Å². The maximum Gasteiger partial charge on any atom is 0.129 e. The average Bonchev–Trinajstić information content (AvgIpc) is 2.23. The van der Waals surface area contributed by atoms with E-state index in [4.69, 9.17) is 4.74 Å². The van der Waals surface area contributed by atoms with Gasteiger partial charge in [0.1, 0.15) is 12.1 Å². The lowest BCUT2D eigenvalue weighted by Crippen LogP contribution is -2.11. The molecule has 4 heteroatoms. The van der Waals surface area contributed by atoms with Crippen molar-refractivity contribution in [1.29, 1.82) is 0 Å². The van der Waals surface area contributed by atoms with Gasteiger partial charge in [0.2, 0.25) is 0 Å². The second kappa shape index (κ2) is 7.17. The van der Waals surface area contributed by atoms with Crippen molar-refractivity contribution in [1.82, 2.24) is 9.97 Å². The molecule has 0 spiro atoms. The molecule has 0 fully saturated rings.